The lowest BCUT2D eigenvalue weighted by Crippen LogP contribution is -2.31. The van der Waals surface area contributed by atoms with E-state index in [1.807, 2.05) is 30.3 Å². The first-order valence-electron chi connectivity index (χ1n) is 5.94. The molecule has 6 heteroatoms. The molecule has 2 aromatic rings. The van der Waals surface area contributed by atoms with Crippen LogP contribution in [0.1, 0.15) is 11.8 Å². The molecule has 0 N–H and O–H groups in total. The highest BCUT2D eigenvalue weighted by Crippen LogP contribution is 2.26. The predicted octanol–water partition coefficient (Wildman–Crippen LogP) is 3.12. The van der Waals surface area contributed by atoms with Crippen molar-refractivity contribution < 1.29 is 4.92 Å². The molecular formula is C13H15N3O2S. The van der Waals surface area contributed by atoms with E-state index in [9.17, 15) is 10.1 Å². The molecule has 2 heterocycles. The highest BCUT2D eigenvalue weighted by molar-refractivity contribution is 7.09. The van der Waals surface area contributed by atoms with Crippen molar-refractivity contribution in [2.24, 2.45) is 0 Å². The minimum Gasteiger partial charge on any atom is -0.351 e. The molecule has 0 aliphatic carbocycles. The van der Waals surface area contributed by atoms with Crippen molar-refractivity contribution in [2.45, 2.75) is 19.4 Å². The summed E-state index contributed by atoms with van der Waals surface area (Å²) in [5.41, 5.74) is 0.0445. The summed E-state index contributed by atoms with van der Waals surface area (Å²) in [5, 5.41) is 13.0. The second kappa shape index (κ2) is 5.79. The Balaban J connectivity index is 2.19. The van der Waals surface area contributed by atoms with Crippen LogP contribution in [0.4, 0.5) is 11.5 Å². The monoisotopic (exact) mass is 277 g/mol. The van der Waals surface area contributed by atoms with E-state index in [4.69, 9.17) is 0 Å². The van der Waals surface area contributed by atoms with Crippen molar-refractivity contribution in [1.29, 1.82) is 0 Å². The van der Waals surface area contributed by atoms with Crippen LogP contribution < -0.4 is 4.90 Å². The average Bonchev–Trinajstić information content (AvgIpc) is 2.90. The Labute approximate surface area is 115 Å². The summed E-state index contributed by atoms with van der Waals surface area (Å²) in [6.07, 6.45) is 2.43. The topological polar surface area (TPSA) is 59.3 Å². The summed E-state index contributed by atoms with van der Waals surface area (Å²) >= 11 is 1.69. The number of rotatable bonds is 5. The Hall–Kier alpha value is -1.95. The smallest absolute Gasteiger partial charge is 0.311 e. The largest absolute Gasteiger partial charge is 0.351 e. The lowest BCUT2D eigenvalue weighted by atomic mass is 10.2. The van der Waals surface area contributed by atoms with Crippen LogP contribution in [0.15, 0.2) is 35.8 Å². The fourth-order valence-corrected chi connectivity index (χ4v) is 2.69. The molecule has 100 valence electrons. The second-order valence-corrected chi connectivity index (χ2v) is 5.38. The van der Waals surface area contributed by atoms with E-state index in [-0.39, 0.29) is 11.7 Å². The van der Waals surface area contributed by atoms with Crippen molar-refractivity contribution in [3.05, 3.63) is 50.8 Å². The third-order valence-electron chi connectivity index (χ3n) is 3.03. The summed E-state index contributed by atoms with van der Waals surface area (Å²) in [7, 11) is 1.84. The fraction of sp³-hybridized carbons (Fsp3) is 0.308. The first-order valence-corrected chi connectivity index (χ1v) is 6.82. The van der Waals surface area contributed by atoms with Gasteiger partial charge in [0.1, 0.15) is 0 Å². The van der Waals surface area contributed by atoms with Crippen molar-refractivity contribution in [3.63, 3.8) is 0 Å². The number of nitrogens with zero attached hydrogens (tertiary/aromatic N) is 3. The molecule has 0 bridgehead atoms. The van der Waals surface area contributed by atoms with E-state index in [0.717, 1.165) is 6.42 Å². The van der Waals surface area contributed by atoms with Gasteiger partial charge in [-0.3, -0.25) is 10.1 Å². The van der Waals surface area contributed by atoms with Gasteiger partial charge in [0.15, 0.2) is 0 Å². The van der Waals surface area contributed by atoms with E-state index < -0.39 is 4.92 Å². The third-order valence-corrected chi connectivity index (χ3v) is 3.93. The highest BCUT2D eigenvalue weighted by atomic mass is 32.1. The van der Waals surface area contributed by atoms with Gasteiger partial charge in [0.25, 0.3) is 0 Å². The molecule has 0 spiro atoms. The molecule has 0 amide bonds. The van der Waals surface area contributed by atoms with Gasteiger partial charge in [-0.05, 0) is 24.4 Å². The standard InChI is InChI=1S/C13H15N3O2S/c1-10(9-11-5-4-8-19-11)15(2)13-12(16(17)18)6-3-7-14-13/h3-8,10H,9H2,1-2H3. The number of aromatic nitrogens is 1. The van der Waals surface area contributed by atoms with Crippen LogP contribution in [0.25, 0.3) is 0 Å². The Morgan fingerprint density at radius 1 is 1.47 bits per heavy atom. The third kappa shape index (κ3) is 3.08. The number of pyridine rings is 1. The fourth-order valence-electron chi connectivity index (χ4n) is 1.87. The SMILES string of the molecule is CC(Cc1cccs1)N(C)c1ncccc1[N+](=O)[O-]. The van der Waals surface area contributed by atoms with Gasteiger partial charge < -0.3 is 4.90 Å². The summed E-state index contributed by atoms with van der Waals surface area (Å²) in [5.74, 6) is 0.413. The van der Waals surface area contributed by atoms with Crippen molar-refractivity contribution in [3.8, 4) is 0 Å². The highest BCUT2D eigenvalue weighted by Gasteiger charge is 2.21. The molecule has 0 aliphatic rings. The van der Waals surface area contributed by atoms with E-state index in [1.165, 1.54) is 10.9 Å². The molecule has 2 rings (SSSR count). The lowest BCUT2D eigenvalue weighted by molar-refractivity contribution is -0.384. The Kier molecular flexibility index (Phi) is 4.11. The number of nitro groups is 1. The Morgan fingerprint density at radius 2 is 2.26 bits per heavy atom. The van der Waals surface area contributed by atoms with Crippen LogP contribution in [0.2, 0.25) is 0 Å². The van der Waals surface area contributed by atoms with Crippen LogP contribution >= 0.6 is 11.3 Å². The molecule has 0 aromatic carbocycles. The second-order valence-electron chi connectivity index (χ2n) is 4.35. The molecule has 2 aromatic heterocycles. The van der Waals surface area contributed by atoms with Crippen LogP contribution in [0.3, 0.4) is 0 Å². The van der Waals surface area contributed by atoms with Crippen molar-refractivity contribution in [1.82, 2.24) is 4.98 Å². The number of hydrogen-bond donors (Lipinski definition) is 0. The summed E-state index contributed by atoms with van der Waals surface area (Å²) in [6.45, 7) is 2.04. The maximum atomic E-state index is 11.0. The van der Waals surface area contributed by atoms with Gasteiger partial charge in [-0.2, -0.15) is 0 Å². The maximum Gasteiger partial charge on any atom is 0.311 e. The molecular weight excluding hydrogens is 262 g/mol. The number of likely N-dealkylation sites (N-methyl/N-ethyl adjacent to an activating group) is 1. The molecule has 0 radical (unpaired) electrons. The van der Waals surface area contributed by atoms with Gasteiger partial charge >= 0.3 is 5.69 Å². The number of thiophene rings is 1. The van der Waals surface area contributed by atoms with Gasteiger partial charge in [-0.25, -0.2) is 4.98 Å². The van der Waals surface area contributed by atoms with Crippen molar-refractivity contribution >= 4 is 22.8 Å². The van der Waals surface area contributed by atoms with Crippen molar-refractivity contribution in [2.75, 3.05) is 11.9 Å². The van der Waals surface area contributed by atoms with E-state index in [1.54, 1.807) is 23.6 Å². The Bertz CT molecular complexity index is 557. The number of hydrogen-bond acceptors (Lipinski definition) is 5. The Morgan fingerprint density at radius 3 is 2.89 bits per heavy atom. The zero-order valence-electron chi connectivity index (χ0n) is 10.8. The average molecular weight is 277 g/mol. The summed E-state index contributed by atoms with van der Waals surface area (Å²) < 4.78 is 0. The normalized spacial score (nSPS) is 12.1. The van der Waals surface area contributed by atoms with Gasteiger partial charge in [-0.15, -0.1) is 11.3 Å². The van der Waals surface area contributed by atoms with Gasteiger partial charge in [0.2, 0.25) is 5.82 Å². The molecule has 1 unspecified atom stereocenters. The minimum absolute atomic E-state index is 0.0445. The minimum atomic E-state index is -0.392. The molecule has 5 nitrogen and oxygen atoms in total. The van der Waals surface area contributed by atoms with Crippen LogP contribution in [-0.2, 0) is 6.42 Å². The predicted molar refractivity (Wildman–Crippen MR) is 76.8 cm³/mol. The first-order chi connectivity index (χ1) is 9.09. The molecule has 0 fully saturated rings. The maximum absolute atomic E-state index is 11.0. The zero-order chi connectivity index (χ0) is 13.8. The van der Waals surface area contributed by atoms with Gasteiger partial charge in [-0.1, -0.05) is 6.07 Å². The molecule has 0 aliphatic heterocycles. The molecule has 0 saturated carbocycles. The van der Waals surface area contributed by atoms with E-state index >= 15 is 0 Å². The van der Waals surface area contributed by atoms with E-state index in [2.05, 4.69) is 11.1 Å². The molecule has 0 saturated heterocycles. The van der Waals surface area contributed by atoms with Crippen LogP contribution in [0, 0.1) is 10.1 Å². The zero-order valence-corrected chi connectivity index (χ0v) is 11.6. The van der Waals surface area contributed by atoms with Crippen LogP contribution in [0.5, 0.6) is 0 Å². The van der Waals surface area contributed by atoms with Gasteiger partial charge in [0, 0.05) is 36.7 Å². The summed E-state index contributed by atoms with van der Waals surface area (Å²) in [4.78, 5) is 17.9. The molecule has 19 heavy (non-hydrogen) atoms. The molecule has 1 atom stereocenters. The quantitative estimate of drug-likeness (QED) is 0.622. The lowest BCUT2D eigenvalue weighted by Gasteiger charge is -2.25. The van der Waals surface area contributed by atoms with E-state index in [0.29, 0.717) is 5.82 Å². The van der Waals surface area contributed by atoms with Gasteiger partial charge in [0.05, 0.1) is 4.92 Å². The number of anilines is 1. The summed E-state index contributed by atoms with van der Waals surface area (Å²) in [6, 6.07) is 7.29. The van der Waals surface area contributed by atoms with Crippen LogP contribution in [-0.4, -0.2) is 23.0 Å². The first kappa shape index (κ1) is 13.5.